The molecule has 0 radical (unpaired) electrons. The summed E-state index contributed by atoms with van der Waals surface area (Å²) in [5, 5.41) is 11.0. The van der Waals surface area contributed by atoms with Crippen LogP contribution in [0.1, 0.15) is 10.4 Å². The highest BCUT2D eigenvalue weighted by Crippen LogP contribution is 2.21. The van der Waals surface area contributed by atoms with E-state index in [2.05, 4.69) is 5.32 Å². The molecular weight excluding hydrogens is 335 g/mol. The minimum absolute atomic E-state index is 0.0587. The van der Waals surface area contributed by atoms with E-state index in [1.54, 1.807) is 22.6 Å². The summed E-state index contributed by atoms with van der Waals surface area (Å²) in [7, 11) is 0. The van der Waals surface area contributed by atoms with Crippen LogP contribution in [0.5, 0.6) is 0 Å². The van der Waals surface area contributed by atoms with E-state index in [4.69, 9.17) is 16.7 Å². The molecule has 1 aromatic rings. The molecule has 0 spiro atoms. The van der Waals surface area contributed by atoms with Crippen molar-refractivity contribution >= 4 is 40.1 Å². The zero-order valence-electron chi connectivity index (χ0n) is 7.56. The van der Waals surface area contributed by atoms with Gasteiger partial charge in [0.05, 0.1) is 17.2 Å². The molecule has 0 aliphatic heterocycles. The molecule has 0 unspecified atom stereocenters. The van der Waals surface area contributed by atoms with E-state index in [1.165, 1.54) is 6.07 Å². The first kappa shape index (κ1) is 12.7. The van der Waals surface area contributed by atoms with Gasteiger partial charge in [0.25, 0.3) is 5.91 Å². The molecule has 0 saturated heterocycles. The van der Waals surface area contributed by atoms with Gasteiger partial charge in [-0.05, 0) is 34.7 Å². The summed E-state index contributed by atoms with van der Waals surface area (Å²) >= 11 is 7.48. The molecule has 0 aliphatic rings. The van der Waals surface area contributed by atoms with Gasteiger partial charge in [-0.2, -0.15) is 0 Å². The van der Waals surface area contributed by atoms with Gasteiger partial charge in [-0.25, -0.2) is 4.39 Å². The molecule has 3 nitrogen and oxygen atoms in total. The number of rotatable bonds is 3. The lowest BCUT2D eigenvalue weighted by atomic mass is 10.2. The van der Waals surface area contributed by atoms with Crippen LogP contribution in [0.4, 0.5) is 4.39 Å². The predicted octanol–water partition coefficient (Wildman–Crippen LogP) is 1.81. The first-order valence-electron chi connectivity index (χ1n) is 4.10. The Hall–Kier alpha value is -0.400. The molecule has 1 amide bonds. The summed E-state index contributed by atoms with van der Waals surface area (Å²) < 4.78 is 13.3. The molecule has 2 N–H and O–H groups in total. The monoisotopic (exact) mass is 343 g/mol. The Kier molecular flexibility index (Phi) is 4.75. The van der Waals surface area contributed by atoms with Crippen LogP contribution in [-0.2, 0) is 0 Å². The van der Waals surface area contributed by atoms with Crippen molar-refractivity contribution in [3.05, 3.63) is 32.1 Å². The second kappa shape index (κ2) is 5.62. The maximum absolute atomic E-state index is 13.0. The van der Waals surface area contributed by atoms with Crippen molar-refractivity contribution in [3.63, 3.8) is 0 Å². The number of aliphatic hydroxyl groups is 1. The second-order valence-electron chi connectivity index (χ2n) is 2.73. The van der Waals surface area contributed by atoms with Gasteiger partial charge >= 0.3 is 0 Å². The Morgan fingerprint density at radius 1 is 1.60 bits per heavy atom. The molecule has 0 fully saturated rings. The molecule has 0 atom stereocenters. The summed E-state index contributed by atoms with van der Waals surface area (Å²) in [5.41, 5.74) is 0.205. The fraction of sp³-hybridized carbons (Fsp3) is 0.222. The smallest absolute Gasteiger partial charge is 0.252 e. The Bertz CT molecular complexity index is 387. The van der Waals surface area contributed by atoms with E-state index in [-0.39, 0.29) is 23.7 Å². The molecule has 0 aromatic heterocycles. The van der Waals surface area contributed by atoms with E-state index in [1.807, 2.05) is 0 Å². The number of amides is 1. The summed E-state index contributed by atoms with van der Waals surface area (Å²) in [4.78, 5) is 11.5. The fourth-order valence-corrected chi connectivity index (χ4v) is 1.66. The van der Waals surface area contributed by atoms with E-state index >= 15 is 0 Å². The summed E-state index contributed by atoms with van der Waals surface area (Å²) in [6.07, 6.45) is 0. The van der Waals surface area contributed by atoms with Crippen LogP contribution in [0.15, 0.2) is 12.1 Å². The highest BCUT2D eigenvalue weighted by molar-refractivity contribution is 14.1. The zero-order chi connectivity index (χ0) is 11.4. The molecule has 1 aromatic carbocycles. The largest absolute Gasteiger partial charge is 0.395 e. The van der Waals surface area contributed by atoms with Gasteiger partial charge in [0, 0.05) is 10.1 Å². The fourth-order valence-electron chi connectivity index (χ4n) is 0.961. The normalized spacial score (nSPS) is 10.1. The van der Waals surface area contributed by atoms with Gasteiger partial charge in [-0.15, -0.1) is 0 Å². The minimum Gasteiger partial charge on any atom is -0.395 e. The zero-order valence-corrected chi connectivity index (χ0v) is 10.5. The lowest BCUT2D eigenvalue weighted by Crippen LogP contribution is -2.26. The molecule has 0 heterocycles. The number of nitrogens with one attached hydrogen (secondary N) is 1. The number of benzene rings is 1. The molecule has 6 heteroatoms. The van der Waals surface area contributed by atoms with Crippen molar-refractivity contribution in [2.45, 2.75) is 0 Å². The lowest BCUT2D eigenvalue weighted by molar-refractivity contribution is 0.0945. The SMILES string of the molecule is O=C(NCCO)c1cc(I)c(F)cc1Cl. The summed E-state index contributed by atoms with van der Waals surface area (Å²) in [6, 6.07) is 2.46. The maximum atomic E-state index is 13.0. The van der Waals surface area contributed by atoms with Gasteiger partial charge in [0.1, 0.15) is 5.82 Å². The summed E-state index contributed by atoms with van der Waals surface area (Å²) in [6.45, 7) is -0.00916. The number of carbonyl (C=O) groups excluding carboxylic acids is 1. The maximum Gasteiger partial charge on any atom is 0.252 e. The van der Waals surface area contributed by atoms with Gasteiger partial charge in [0.2, 0.25) is 0 Å². The van der Waals surface area contributed by atoms with Crippen molar-refractivity contribution < 1.29 is 14.3 Å². The van der Waals surface area contributed by atoms with Crippen molar-refractivity contribution in [1.82, 2.24) is 5.32 Å². The van der Waals surface area contributed by atoms with E-state index in [9.17, 15) is 9.18 Å². The molecule has 0 saturated carbocycles. The number of hydrogen-bond acceptors (Lipinski definition) is 2. The van der Waals surface area contributed by atoms with E-state index < -0.39 is 11.7 Å². The number of carbonyl (C=O) groups is 1. The van der Waals surface area contributed by atoms with Crippen LogP contribution in [0.3, 0.4) is 0 Å². The minimum atomic E-state index is -0.459. The number of hydrogen-bond donors (Lipinski definition) is 2. The second-order valence-corrected chi connectivity index (χ2v) is 4.30. The van der Waals surface area contributed by atoms with Crippen LogP contribution in [0.2, 0.25) is 5.02 Å². The first-order valence-corrected chi connectivity index (χ1v) is 5.55. The summed E-state index contributed by atoms with van der Waals surface area (Å²) in [5.74, 6) is -0.883. The Morgan fingerprint density at radius 2 is 2.27 bits per heavy atom. The third kappa shape index (κ3) is 3.29. The standard InChI is InChI=1S/C9H8ClFINO2/c10-6-4-7(11)8(12)3-5(6)9(15)13-1-2-14/h3-4,14H,1-2H2,(H,13,15). The predicted molar refractivity (Wildman–Crippen MR) is 63.5 cm³/mol. The van der Waals surface area contributed by atoms with Crippen molar-refractivity contribution in [1.29, 1.82) is 0 Å². The quantitative estimate of drug-likeness (QED) is 0.649. The molecule has 15 heavy (non-hydrogen) atoms. The van der Waals surface area contributed by atoms with Crippen molar-refractivity contribution in [2.24, 2.45) is 0 Å². The molecule has 0 aliphatic carbocycles. The van der Waals surface area contributed by atoms with E-state index in [0.717, 1.165) is 6.07 Å². The van der Waals surface area contributed by atoms with Gasteiger partial charge in [-0.3, -0.25) is 4.79 Å². The number of halogens is 3. The van der Waals surface area contributed by atoms with Gasteiger partial charge in [-0.1, -0.05) is 11.6 Å². The molecule has 0 bridgehead atoms. The van der Waals surface area contributed by atoms with Crippen LogP contribution in [0.25, 0.3) is 0 Å². The molecular formula is C9H8ClFINO2. The third-order valence-electron chi connectivity index (χ3n) is 1.65. The van der Waals surface area contributed by atoms with Crippen LogP contribution < -0.4 is 5.32 Å². The Labute approximate surface area is 105 Å². The Balaban J connectivity index is 2.94. The first-order chi connectivity index (χ1) is 7.06. The van der Waals surface area contributed by atoms with E-state index in [0.29, 0.717) is 3.57 Å². The lowest BCUT2D eigenvalue weighted by Gasteiger charge is -2.06. The molecule has 82 valence electrons. The third-order valence-corrected chi connectivity index (χ3v) is 2.79. The topological polar surface area (TPSA) is 49.3 Å². The highest BCUT2D eigenvalue weighted by atomic mass is 127. The van der Waals surface area contributed by atoms with Crippen LogP contribution >= 0.6 is 34.2 Å². The van der Waals surface area contributed by atoms with Crippen molar-refractivity contribution in [2.75, 3.05) is 13.2 Å². The Morgan fingerprint density at radius 3 is 2.87 bits per heavy atom. The van der Waals surface area contributed by atoms with Crippen LogP contribution in [0, 0.1) is 9.39 Å². The average Bonchev–Trinajstić information content (AvgIpc) is 2.20. The highest BCUT2D eigenvalue weighted by Gasteiger charge is 2.12. The molecule has 1 rings (SSSR count). The van der Waals surface area contributed by atoms with Gasteiger partial charge in [0.15, 0.2) is 0 Å². The van der Waals surface area contributed by atoms with Crippen molar-refractivity contribution in [3.8, 4) is 0 Å². The van der Waals surface area contributed by atoms with Gasteiger partial charge < -0.3 is 10.4 Å². The number of aliphatic hydroxyl groups excluding tert-OH is 1. The average molecular weight is 344 g/mol. The van der Waals surface area contributed by atoms with Crippen LogP contribution in [-0.4, -0.2) is 24.2 Å².